The van der Waals surface area contributed by atoms with E-state index in [9.17, 15) is 68.7 Å². The molecule has 0 aromatic heterocycles. The number of cyclic esters (lactones) is 14. The molecule has 28 nitrogen and oxygen atoms in total. The van der Waals surface area contributed by atoms with Crippen LogP contribution in [0.3, 0.4) is 0 Å². The number of halogens is 8. The van der Waals surface area contributed by atoms with Gasteiger partial charge in [-0.3, -0.25) is 0 Å². The van der Waals surface area contributed by atoms with E-state index in [0.717, 1.165) is 83.0 Å². The Labute approximate surface area is 617 Å². The minimum Gasteiger partial charge on any atom is -0.427 e. The molecule has 7 aliphatic rings. The fourth-order valence-corrected chi connectivity index (χ4v) is 9.16. The molecule has 7 rings (SSSR count). The van der Waals surface area contributed by atoms with Gasteiger partial charge < -0.3 is 99.5 Å². The van der Waals surface area contributed by atoms with Crippen molar-refractivity contribution in [3.05, 3.63) is 37.0 Å². The van der Waals surface area contributed by atoms with Crippen LogP contribution in [0.5, 0.6) is 0 Å². The zero-order valence-electron chi connectivity index (χ0n) is 61.3. The van der Waals surface area contributed by atoms with Crippen molar-refractivity contribution in [3.8, 4) is 48.6 Å². The molecule has 0 N–H and O–H groups in total. The van der Waals surface area contributed by atoms with Gasteiger partial charge in [-0.1, -0.05) is 124 Å². The molecule has 0 spiro atoms. The average molecular weight is 1550 g/mol. The molecule has 0 saturated carbocycles. The largest absolute Gasteiger partial charge is 0.511 e. The second-order valence-electron chi connectivity index (χ2n) is 23.6. The first kappa shape index (κ1) is 96.5. The molecule has 107 heavy (non-hydrogen) atoms. The number of rotatable bonds is 38. The maximum absolute atomic E-state index is 12.6. The molecular formula is C71H98F8O28. The predicted octanol–water partition coefficient (Wildman–Crippen LogP) is 15.9. The summed E-state index contributed by atoms with van der Waals surface area (Å²) >= 11 is 0. The van der Waals surface area contributed by atoms with Crippen molar-refractivity contribution in [2.24, 2.45) is 0 Å². The van der Waals surface area contributed by atoms with Crippen molar-refractivity contribution >= 4 is 43.1 Å². The van der Waals surface area contributed by atoms with Crippen LogP contribution in [-0.2, 0) is 99.5 Å². The van der Waals surface area contributed by atoms with Crippen LogP contribution in [-0.4, -0.2) is 182 Å². The highest BCUT2D eigenvalue weighted by atomic mass is 19.4. The van der Waals surface area contributed by atoms with E-state index in [2.05, 4.69) is 56.8 Å². The van der Waals surface area contributed by atoms with Gasteiger partial charge in [-0.2, -0.15) is 22.0 Å². The van der Waals surface area contributed by atoms with Crippen LogP contribution in [0.4, 0.5) is 68.7 Å². The zero-order chi connectivity index (χ0) is 80.3. The first-order valence-corrected chi connectivity index (χ1v) is 34.5. The summed E-state index contributed by atoms with van der Waals surface area (Å²) in [6.45, 7) is 19.6. The SMILES string of the molecule is C#CCOC1(CCCC)COC(=O)O1.C#CCOC1(CCCC)COC(=O)O1.C=C(F)COC1(CCCC)COC(=O)O1.C=CCOC1(CCCC)COC(=O)O1.CCCCC1(OCC#CC(F)(F)F)COC(=O)O1.CCCCC1(OCC#CF)COC(=O)O1.CCCCC1(OCC(F)=C(F)F)COC(=O)O1. The van der Waals surface area contributed by atoms with E-state index in [-0.39, 0.29) is 79.1 Å². The van der Waals surface area contributed by atoms with Crippen LogP contribution in [0, 0.1) is 48.6 Å². The van der Waals surface area contributed by atoms with E-state index in [1.807, 2.05) is 47.5 Å². The lowest BCUT2D eigenvalue weighted by Crippen LogP contribution is -2.36. The highest BCUT2D eigenvalue weighted by molar-refractivity contribution is 5.64. The monoisotopic (exact) mass is 1550 g/mol. The summed E-state index contributed by atoms with van der Waals surface area (Å²) in [4.78, 5) is 75.8. The number of carbonyl (C=O) groups excluding carboxylic acids is 7. The zero-order valence-corrected chi connectivity index (χ0v) is 61.3. The summed E-state index contributed by atoms with van der Waals surface area (Å²) in [6, 6.07) is 0. The third-order valence-electron chi connectivity index (χ3n) is 14.7. The van der Waals surface area contributed by atoms with Crippen molar-refractivity contribution in [2.75, 3.05) is 92.5 Å². The molecule has 0 radical (unpaired) electrons. The van der Waals surface area contributed by atoms with Crippen LogP contribution in [0.25, 0.3) is 0 Å². The van der Waals surface area contributed by atoms with Crippen LogP contribution < -0.4 is 0 Å². The van der Waals surface area contributed by atoms with Gasteiger partial charge in [-0.25, -0.2) is 42.3 Å². The quantitative estimate of drug-likeness (QED) is 0.0182. The summed E-state index contributed by atoms with van der Waals surface area (Å²) < 4.78 is 199. The third kappa shape index (κ3) is 39.8. The topological polar surface area (TPSA) is 313 Å². The van der Waals surface area contributed by atoms with Crippen molar-refractivity contribution in [1.29, 1.82) is 0 Å². The van der Waals surface area contributed by atoms with E-state index in [0.29, 0.717) is 58.0 Å². The number of alkyl halides is 3. The highest BCUT2D eigenvalue weighted by Crippen LogP contribution is 2.34. The molecular weight excluding hydrogens is 1450 g/mol. The fraction of sp³-hybridized carbons (Fsp3) is 0.704. The summed E-state index contributed by atoms with van der Waals surface area (Å²) in [5, 5.41) is 0. The van der Waals surface area contributed by atoms with Gasteiger partial charge in [-0.15, -0.1) is 23.8 Å². The molecule has 0 aromatic rings. The molecule has 0 aromatic carbocycles. The third-order valence-corrected chi connectivity index (χ3v) is 14.7. The minimum absolute atomic E-state index is 0.0130. The van der Waals surface area contributed by atoms with E-state index in [1.165, 1.54) is 6.17 Å². The molecule has 0 bridgehead atoms. The van der Waals surface area contributed by atoms with Crippen LogP contribution >= 0.6 is 0 Å². The Morgan fingerprint density at radius 2 is 0.654 bits per heavy atom. The smallest absolute Gasteiger partial charge is 0.427 e. The molecule has 0 amide bonds. The lowest BCUT2D eigenvalue weighted by atomic mass is 10.1. The molecule has 7 heterocycles. The Morgan fingerprint density at radius 3 is 0.860 bits per heavy atom. The van der Waals surface area contributed by atoms with E-state index < -0.39 is 121 Å². The van der Waals surface area contributed by atoms with Gasteiger partial charge in [0.2, 0.25) is 0 Å². The van der Waals surface area contributed by atoms with Gasteiger partial charge in [0, 0.05) is 50.9 Å². The van der Waals surface area contributed by atoms with Crippen LogP contribution in [0.1, 0.15) is 183 Å². The minimum atomic E-state index is -4.55. The number of hydrogen-bond donors (Lipinski definition) is 0. The van der Waals surface area contributed by atoms with Crippen molar-refractivity contribution in [3.63, 3.8) is 0 Å². The molecule has 36 heteroatoms. The normalized spacial score (nSPS) is 24.4. The van der Waals surface area contributed by atoms with Crippen LogP contribution in [0.15, 0.2) is 37.0 Å². The van der Waals surface area contributed by atoms with Gasteiger partial charge in [0.05, 0.1) is 6.61 Å². The van der Waals surface area contributed by atoms with E-state index in [1.54, 1.807) is 6.08 Å². The van der Waals surface area contributed by atoms with Gasteiger partial charge in [0.1, 0.15) is 51.6 Å². The van der Waals surface area contributed by atoms with Crippen molar-refractivity contribution < 1.29 is 168 Å². The van der Waals surface area contributed by atoms with Crippen molar-refractivity contribution in [1.82, 2.24) is 0 Å². The predicted molar refractivity (Wildman–Crippen MR) is 356 cm³/mol. The molecule has 0 aliphatic carbocycles. The Morgan fingerprint density at radius 1 is 0.411 bits per heavy atom. The summed E-state index contributed by atoms with van der Waals surface area (Å²) in [6.07, 6.45) is 16.5. The molecule has 7 saturated heterocycles. The molecule has 7 unspecified atom stereocenters. The van der Waals surface area contributed by atoms with Gasteiger partial charge in [0.25, 0.3) is 40.5 Å². The number of hydrogen-bond acceptors (Lipinski definition) is 28. The van der Waals surface area contributed by atoms with Crippen LogP contribution in [0.2, 0.25) is 0 Å². The summed E-state index contributed by atoms with van der Waals surface area (Å²) in [5.41, 5.74) is 0. The van der Waals surface area contributed by atoms with Crippen molar-refractivity contribution in [2.45, 2.75) is 230 Å². The Kier molecular flexibility index (Phi) is 46.7. The first-order valence-electron chi connectivity index (χ1n) is 34.5. The maximum atomic E-state index is 12.6. The number of terminal acetylenes is 2. The Hall–Kier alpha value is -8.49. The van der Waals surface area contributed by atoms with Gasteiger partial charge in [-0.05, 0) is 50.9 Å². The lowest BCUT2D eigenvalue weighted by molar-refractivity contribution is -0.181. The maximum Gasteiger partial charge on any atom is 0.511 e. The van der Waals surface area contributed by atoms with E-state index >= 15 is 0 Å². The number of unbranched alkanes of at least 4 members (excludes halogenated alkanes) is 7. The second-order valence-corrected chi connectivity index (χ2v) is 23.6. The van der Waals surface area contributed by atoms with Gasteiger partial charge >= 0.3 is 55.3 Å². The molecule has 606 valence electrons. The fourth-order valence-electron chi connectivity index (χ4n) is 9.16. The molecule has 7 aliphatic heterocycles. The lowest BCUT2D eigenvalue weighted by Gasteiger charge is -2.24. The number of ether oxygens (including phenoxy) is 21. The molecule has 7 atom stereocenters. The van der Waals surface area contributed by atoms with Gasteiger partial charge in [0.15, 0.2) is 52.1 Å². The highest BCUT2D eigenvalue weighted by Gasteiger charge is 2.49. The summed E-state index contributed by atoms with van der Waals surface area (Å²) in [7, 11) is 0. The Bertz CT molecular complexity index is 2960. The summed E-state index contributed by atoms with van der Waals surface area (Å²) in [5.74, 6) is -0.295. The second kappa shape index (κ2) is 51.7. The Balaban J connectivity index is 0.000000625. The number of carbonyl (C=O) groups is 7. The first-order chi connectivity index (χ1) is 50.8. The van der Waals surface area contributed by atoms with E-state index in [4.69, 9.17) is 93.4 Å². The standard InChI is InChI=1S/C11H13F3O4.C10H13F3O4.C10H15FO4.C10H13FO4.C10H16O4.2C10H14O4/c1-2-3-5-10(8-16-9(15)18-10)17-7-4-6-11(12,13)14;1-2-3-4-10(6-15-9(14)17-10)16-5-7(11)8(12)13;1-3-4-5-10(14-6-8(2)11)7-13-9(12)15-10;1-2-3-5-10(14-7-4-6-11)8-13-9(12)15-10;3*1-3-5-6-10(13-7-4-2)8-12-9(11)14-10/h2-3,5,7-8H2,1H3;2-6H2,1H3;2-7H2,1H3;2-3,5,7-8H2,1H3;4H,2-3,5-8H2,1H3;2*2H,3,5-8H2,1H3. The molecule has 7 fully saturated rings. The average Bonchev–Trinajstić information content (AvgIpc) is 1.78.